The second-order valence-corrected chi connectivity index (χ2v) is 8.68. The number of rotatable bonds is 7. The van der Waals surface area contributed by atoms with Gasteiger partial charge in [-0.05, 0) is 37.1 Å². The average Bonchev–Trinajstić information content (AvgIpc) is 2.50. The summed E-state index contributed by atoms with van der Waals surface area (Å²) in [5.41, 5.74) is 5.85. The Morgan fingerprint density at radius 1 is 0.478 bits per heavy atom. The van der Waals surface area contributed by atoms with Crippen LogP contribution in [0.1, 0.15) is 116 Å². The molecule has 0 aromatic rings. The highest BCUT2D eigenvalue weighted by molar-refractivity contribution is 4.70. The van der Waals surface area contributed by atoms with Crippen LogP contribution < -0.4 is 5.73 Å². The Hall–Kier alpha value is -0.0400. The number of unbranched alkanes of at least 4 members (excludes halogenated alkanes) is 2. The molecule has 1 nitrogen and oxygen atoms in total. The van der Waals surface area contributed by atoms with Gasteiger partial charge in [0.25, 0.3) is 0 Å². The van der Waals surface area contributed by atoms with Crippen LogP contribution in [0.25, 0.3) is 0 Å². The summed E-state index contributed by atoms with van der Waals surface area (Å²) < 4.78 is 0. The van der Waals surface area contributed by atoms with Crippen molar-refractivity contribution in [1.82, 2.24) is 0 Å². The van der Waals surface area contributed by atoms with E-state index in [1.165, 1.54) is 116 Å². The average molecular weight is 322 g/mol. The predicted octanol–water partition coefficient (Wildman–Crippen LogP) is 6.84. The maximum atomic E-state index is 5.85. The minimum absolute atomic E-state index is 0.833. The van der Waals surface area contributed by atoms with E-state index in [1.807, 2.05) is 0 Å². The predicted molar refractivity (Wildman–Crippen MR) is 103 cm³/mol. The number of hydrogen-bond donors (Lipinski definition) is 1. The van der Waals surface area contributed by atoms with E-state index in [2.05, 4.69) is 0 Å². The number of hydrogen-bond acceptors (Lipinski definition) is 1. The summed E-state index contributed by atoms with van der Waals surface area (Å²) in [4.78, 5) is 0. The molecule has 0 unspecified atom stereocenters. The van der Waals surface area contributed by atoms with Crippen molar-refractivity contribution in [3.8, 4) is 0 Å². The summed E-state index contributed by atoms with van der Waals surface area (Å²) in [5.74, 6) is 2.94. The Morgan fingerprint density at radius 3 is 1.43 bits per heavy atom. The van der Waals surface area contributed by atoms with Crippen molar-refractivity contribution in [3.05, 3.63) is 0 Å². The zero-order chi connectivity index (χ0) is 16.2. The second kappa shape index (κ2) is 12.3. The van der Waals surface area contributed by atoms with E-state index in [4.69, 9.17) is 5.73 Å². The Balaban J connectivity index is 1.49. The summed E-state index contributed by atoms with van der Waals surface area (Å²) in [6.45, 7) is 0.922. The van der Waals surface area contributed by atoms with Gasteiger partial charge < -0.3 is 5.73 Å². The van der Waals surface area contributed by atoms with Crippen LogP contribution in [0.3, 0.4) is 0 Å². The first-order valence-corrected chi connectivity index (χ1v) is 11.1. The normalized spacial score (nSPS) is 28.6. The van der Waals surface area contributed by atoms with Crippen LogP contribution in [-0.2, 0) is 0 Å². The lowest BCUT2D eigenvalue weighted by Crippen LogP contribution is -2.17. The molecule has 1 heteroatoms. The molecule has 2 saturated carbocycles. The largest absolute Gasteiger partial charge is 0.330 e. The van der Waals surface area contributed by atoms with Gasteiger partial charge in [0, 0.05) is 0 Å². The first-order chi connectivity index (χ1) is 11.4. The minimum atomic E-state index is 0.833. The van der Waals surface area contributed by atoms with Gasteiger partial charge >= 0.3 is 0 Å². The summed E-state index contributed by atoms with van der Waals surface area (Å²) in [7, 11) is 0. The van der Waals surface area contributed by atoms with Gasteiger partial charge in [0.05, 0.1) is 0 Å². The van der Waals surface area contributed by atoms with Gasteiger partial charge in [-0.25, -0.2) is 0 Å². The second-order valence-electron chi connectivity index (χ2n) is 8.68. The van der Waals surface area contributed by atoms with Crippen molar-refractivity contribution in [2.45, 2.75) is 116 Å². The van der Waals surface area contributed by atoms with Crippen molar-refractivity contribution < 1.29 is 0 Å². The Labute approximate surface area is 146 Å². The lowest BCUT2D eigenvalue weighted by Gasteiger charge is -2.24. The topological polar surface area (TPSA) is 26.0 Å². The lowest BCUT2D eigenvalue weighted by molar-refractivity contribution is 0.299. The van der Waals surface area contributed by atoms with E-state index in [9.17, 15) is 0 Å². The zero-order valence-electron chi connectivity index (χ0n) is 15.7. The molecule has 136 valence electrons. The SMILES string of the molecule is NCC1CCCC(CCCCCC2CCCCCCC2)CCC1. The number of nitrogens with two attached hydrogens (primary N) is 1. The third-order valence-electron chi connectivity index (χ3n) is 6.73. The van der Waals surface area contributed by atoms with E-state index in [-0.39, 0.29) is 0 Å². The molecule has 2 rings (SSSR count). The van der Waals surface area contributed by atoms with Crippen LogP contribution in [0.4, 0.5) is 0 Å². The fourth-order valence-electron chi connectivity index (χ4n) is 5.08. The molecule has 0 aromatic carbocycles. The minimum Gasteiger partial charge on any atom is -0.330 e. The lowest BCUT2D eigenvalue weighted by atomic mass is 9.83. The zero-order valence-corrected chi connectivity index (χ0v) is 15.7. The molecule has 23 heavy (non-hydrogen) atoms. The van der Waals surface area contributed by atoms with Crippen LogP contribution in [0.2, 0.25) is 0 Å². The van der Waals surface area contributed by atoms with Crippen molar-refractivity contribution in [1.29, 1.82) is 0 Å². The maximum Gasteiger partial charge on any atom is -0.00489 e. The van der Waals surface area contributed by atoms with E-state index >= 15 is 0 Å². The molecule has 0 heterocycles. The van der Waals surface area contributed by atoms with Crippen LogP contribution in [0.15, 0.2) is 0 Å². The molecule has 0 amide bonds. The summed E-state index contributed by atoms with van der Waals surface area (Å²) in [6.07, 6.45) is 26.8. The van der Waals surface area contributed by atoms with Crippen LogP contribution >= 0.6 is 0 Å². The van der Waals surface area contributed by atoms with E-state index in [0.29, 0.717) is 0 Å². The highest BCUT2D eigenvalue weighted by Crippen LogP contribution is 2.30. The van der Waals surface area contributed by atoms with E-state index in [1.54, 1.807) is 0 Å². The summed E-state index contributed by atoms with van der Waals surface area (Å²) >= 11 is 0. The third kappa shape index (κ3) is 8.57. The van der Waals surface area contributed by atoms with Gasteiger partial charge in [-0.1, -0.05) is 103 Å². The molecule has 2 N–H and O–H groups in total. The molecule has 0 saturated heterocycles. The molecule has 2 fully saturated rings. The molecule has 2 aliphatic rings. The van der Waals surface area contributed by atoms with Crippen molar-refractivity contribution in [2.24, 2.45) is 23.5 Å². The molecule has 0 aromatic heterocycles. The fourth-order valence-corrected chi connectivity index (χ4v) is 5.08. The summed E-state index contributed by atoms with van der Waals surface area (Å²) in [5, 5.41) is 0. The molecule has 2 aliphatic carbocycles. The van der Waals surface area contributed by atoms with E-state index in [0.717, 1.165) is 24.3 Å². The Kier molecular flexibility index (Phi) is 10.3. The Bertz CT molecular complexity index is 257. The maximum absolute atomic E-state index is 5.85. The van der Waals surface area contributed by atoms with Gasteiger partial charge in [-0.2, -0.15) is 0 Å². The van der Waals surface area contributed by atoms with Gasteiger partial charge in [-0.3, -0.25) is 0 Å². The monoisotopic (exact) mass is 321 g/mol. The Morgan fingerprint density at radius 2 is 0.913 bits per heavy atom. The fraction of sp³-hybridized carbons (Fsp3) is 1.00. The molecule has 0 aliphatic heterocycles. The van der Waals surface area contributed by atoms with Crippen molar-refractivity contribution in [3.63, 3.8) is 0 Å². The summed E-state index contributed by atoms with van der Waals surface area (Å²) in [6, 6.07) is 0. The van der Waals surface area contributed by atoms with Crippen LogP contribution in [-0.4, -0.2) is 6.54 Å². The van der Waals surface area contributed by atoms with Gasteiger partial charge in [0.15, 0.2) is 0 Å². The smallest absolute Gasteiger partial charge is 0.00489 e. The first-order valence-electron chi connectivity index (χ1n) is 11.1. The van der Waals surface area contributed by atoms with Gasteiger partial charge in [-0.15, -0.1) is 0 Å². The molecule has 0 atom stereocenters. The molecule has 0 bridgehead atoms. The first kappa shape index (κ1) is 19.3. The molecular weight excluding hydrogens is 278 g/mol. The molecule has 0 spiro atoms. The van der Waals surface area contributed by atoms with Crippen molar-refractivity contribution in [2.75, 3.05) is 6.54 Å². The van der Waals surface area contributed by atoms with Gasteiger partial charge in [0.2, 0.25) is 0 Å². The van der Waals surface area contributed by atoms with Crippen LogP contribution in [0.5, 0.6) is 0 Å². The highest BCUT2D eigenvalue weighted by Gasteiger charge is 2.16. The molecular formula is C22H43N. The van der Waals surface area contributed by atoms with E-state index < -0.39 is 0 Å². The third-order valence-corrected chi connectivity index (χ3v) is 6.73. The molecule has 0 radical (unpaired) electrons. The van der Waals surface area contributed by atoms with Crippen molar-refractivity contribution >= 4 is 0 Å². The van der Waals surface area contributed by atoms with Crippen LogP contribution in [0, 0.1) is 17.8 Å². The quantitative estimate of drug-likeness (QED) is 0.510. The standard InChI is InChI=1S/C22H43N/c23-19-22-17-9-15-21(16-10-18-22)14-8-4-7-13-20-11-5-2-1-3-6-12-20/h20-22H,1-19,23H2. The highest BCUT2D eigenvalue weighted by atomic mass is 14.5. The van der Waals surface area contributed by atoms with Gasteiger partial charge in [0.1, 0.15) is 0 Å².